The van der Waals surface area contributed by atoms with Crippen LogP contribution in [0.4, 0.5) is 5.82 Å². The van der Waals surface area contributed by atoms with Crippen LogP contribution < -0.4 is 5.73 Å². The lowest BCUT2D eigenvalue weighted by Crippen LogP contribution is -2.12. The molecule has 3 N–H and O–H groups in total. The summed E-state index contributed by atoms with van der Waals surface area (Å²) in [7, 11) is -3.78. The van der Waals surface area contributed by atoms with Crippen LogP contribution in [0.15, 0.2) is 155 Å². The van der Waals surface area contributed by atoms with Crippen LogP contribution in [0.3, 0.4) is 0 Å². The summed E-state index contributed by atoms with van der Waals surface area (Å²) in [6.07, 6.45) is 17.6. The fourth-order valence-electron chi connectivity index (χ4n) is 6.30. The SMILES string of the molecule is C.Clc1cnc2[nH]cc(Cc3ccc(CCc4ccc(Br)nc4)nc3)c2c1.Nc1ccc(Cc2cn(S(=O)(=O)c3ccccc3)c3ncc(Cl)cc23)cn1.O=Cc1ccc(Br)nc1. The summed E-state index contributed by atoms with van der Waals surface area (Å²) >= 11 is 18.7. The first-order chi connectivity index (χ1) is 29.9. The lowest BCUT2D eigenvalue weighted by Gasteiger charge is -2.06. The normalized spacial score (nSPS) is 10.9. The molecule has 0 amide bonds. The van der Waals surface area contributed by atoms with E-state index < -0.39 is 10.0 Å². The fourth-order valence-corrected chi connectivity index (χ4v) is 8.45. The molecule has 9 rings (SSSR count). The van der Waals surface area contributed by atoms with E-state index in [1.165, 1.54) is 33.1 Å². The third-order valence-corrected chi connectivity index (χ3v) is 12.4. The number of carbonyl (C=O) groups excluding carboxylic acids is 1. The van der Waals surface area contributed by atoms with E-state index >= 15 is 0 Å². The number of hydrogen-bond acceptors (Lipinski definition) is 10. The number of nitrogens with one attached hydrogen (secondary N) is 1. The van der Waals surface area contributed by atoms with Gasteiger partial charge >= 0.3 is 0 Å². The number of pyridine rings is 6. The number of nitrogens with zero attached hydrogens (tertiary/aromatic N) is 7. The Kier molecular flexibility index (Phi) is 15.9. The molecule has 8 aromatic heterocycles. The van der Waals surface area contributed by atoms with E-state index in [0.29, 0.717) is 38.9 Å². The van der Waals surface area contributed by atoms with Gasteiger partial charge in [-0.1, -0.05) is 67.0 Å². The molecule has 0 unspecified atom stereocenters. The molecule has 320 valence electrons. The molecule has 0 spiro atoms. The number of nitrogens with two attached hydrogens (primary N) is 1. The molecule has 0 bridgehead atoms. The van der Waals surface area contributed by atoms with E-state index in [0.717, 1.165) is 62.6 Å². The van der Waals surface area contributed by atoms with Gasteiger partial charge in [0, 0.05) is 84.4 Å². The van der Waals surface area contributed by atoms with Gasteiger partial charge in [0.05, 0.1) is 14.9 Å². The summed E-state index contributed by atoms with van der Waals surface area (Å²) in [6, 6.07) is 27.2. The van der Waals surface area contributed by atoms with Gasteiger partial charge in [-0.2, -0.15) is 0 Å². The summed E-state index contributed by atoms with van der Waals surface area (Å²) in [5.41, 5.74) is 13.7. The van der Waals surface area contributed by atoms with Crippen molar-refractivity contribution in [2.75, 3.05) is 5.73 Å². The fraction of sp³-hybridized carbons (Fsp3) is 0.109. The first kappa shape index (κ1) is 46.7. The van der Waals surface area contributed by atoms with Crippen LogP contribution in [0, 0.1) is 0 Å². The van der Waals surface area contributed by atoms with E-state index in [9.17, 15) is 13.2 Å². The topological polar surface area (TPSA) is 175 Å². The van der Waals surface area contributed by atoms with Crippen molar-refractivity contribution >= 4 is 99.3 Å². The summed E-state index contributed by atoms with van der Waals surface area (Å²) in [5.74, 6) is 0.428. The number of carbonyl (C=O) groups is 1. The minimum absolute atomic E-state index is 0. The number of aldehydes is 1. The van der Waals surface area contributed by atoms with Crippen LogP contribution in [0.5, 0.6) is 0 Å². The molecule has 12 nitrogen and oxygen atoms in total. The second-order valence-corrected chi connectivity index (χ2v) is 18.1. The summed E-state index contributed by atoms with van der Waals surface area (Å²) < 4.78 is 29.0. The van der Waals surface area contributed by atoms with Gasteiger partial charge in [0.25, 0.3) is 10.0 Å². The largest absolute Gasteiger partial charge is 0.384 e. The Balaban J connectivity index is 0.000000173. The minimum Gasteiger partial charge on any atom is -0.384 e. The van der Waals surface area contributed by atoms with Crippen molar-refractivity contribution in [1.29, 1.82) is 0 Å². The summed E-state index contributed by atoms with van der Waals surface area (Å²) in [4.78, 5) is 38.8. The first-order valence-electron chi connectivity index (χ1n) is 18.8. The molecule has 0 saturated carbocycles. The van der Waals surface area contributed by atoms with Crippen molar-refractivity contribution < 1.29 is 13.2 Å². The Labute approximate surface area is 391 Å². The monoisotopic (exact) mass is 1030 g/mol. The number of rotatable bonds is 10. The van der Waals surface area contributed by atoms with Crippen LogP contribution in [0.2, 0.25) is 10.0 Å². The Morgan fingerprint density at radius 1 is 0.667 bits per heavy atom. The highest BCUT2D eigenvalue weighted by atomic mass is 79.9. The van der Waals surface area contributed by atoms with Gasteiger partial charge in [-0.05, 0) is 127 Å². The molecular weight excluding hydrogens is 989 g/mol. The molecule has 0 radical (unpaired) electrons. The zero-order chi connectivity index (χ0) is 43.6. The zero-order valence-electron chi connectivity index (χ0n) is 32.5. The number of halogens is 4. The molecule has 9 aromatic rings. The molecule has 0 aliphatic carbocycles. The third-order valence-electron chi connectivity index (χ3n) is 9.41. The number of H-pyrrole nitrogens is 1. The van der Waals surface area contributed by atoms with Gasteiger partial charge in [-0.25, -0.2) is 37.3 Å². The van der Waals surface area contributed by atoms with Gasteiger partial charge in [-0.15, -0.1) is 0 Å². The molecule has 63 heavy (non-hydrogen) atoms. The molecule has 0 fully saturated rings. The molecule has 0 saturated heterocycles. The molecular formula is C46H39Br2Cl2N9O3S. The van der Waals surface area contributed by atoms with E-state index in [1.54, 1.807) is 73.2 Å². The average Bonchev–Trinajstić information content (AvgIpc) is 3.86. The second-order valence-electron chi connectivity index (χ2n) is 13.8. The van der Waals surface area contributed by atoms with Gasteiger partial charge in [0.2, 0.25) is 0 Å². The Morgan fingerprint density at radius 3 is 1.94 bits per heavy atom. The van der Waals surface area contributed by atoms with Crippen molar-refractivity contribution in [2.45, 2.75) is 38.0 Å². The maximum Gasteiger partial charge on any atom is 0.269 e. The van der Waals surface area contributed by atoms with Crippen molar-refractivity contribution in [1.82, 2.24) is 38.9 Å². The number of aromatic nitrogens is 8. The van der Waals surface area contributed by atoms with Gasteiger partial charge in [0.15, 0.2) is 11.9 Å². The van der Waals surface area contributed by atoms with Crippen LogP contribution in [0.1, 0.15) is 51.3 Å². The van der Waals surface area contributed by atoms with Gasteiger partial charge in [0.1, 0.15) is 20.7 Å². The number of fused-ring (bicyclic) bond motifs is 2. The number of anilines is 1. The Morgan fingerprint density at radius 2 is 1.30 bits per heavy atom. The average molecular weight is 1030 g/mol. The van der Waals surface area contributed by atoms with E-state index in [2.05, 4.69) is 84.9 Å². The predicted molar refractivity (Wildman–Crippen MR) is 257 cm³/mol. The molecule has 1 aromatic carbocycles. The van der Waals surface area contributed by atoms with Crippen LogP contribution >= 0.6 is 55.1 Å². The highest BCUT2D eigenvalue weighted by Gasteiger charge is 2.22. The Bertz CT molecular complexity index is 3050. The quantitative estimate of drug-likeness (QED) is 0.0990. The maximum absolute atomic E-state index is 13.1. The van der Waals surface area contributed by atoms with E-state index in [-0.39, 0.29) is 12.3 Å². The number of nitrogen functional groups attached to an aromatic ring is 1. The highest BCUT2D eigenvalue weighted by Crippen LogP contribution is 2.29. The standard InChI is InChI=1S/C20H16BrClN4.C19H15ClN4O2S.C6H4BrNO.CH4/c21-19-6-3-13(9-24-19)1-4-17-5-2-14(10-23-17)7-15-11-25-20-18(15)8-16(22)12-26-20;20-15-9-17-14(8-13-6-7-18(21)22-10-13)12-24(19(17)23-11-15)27(25,26)16-4-2-1-3-5-16;7-6-2-1-5(4-9)3-8-6;/h2-3,5-6,8-12H,1,4,7H2,(H,25,26);1-7,9-12H,8H2,(H2,21,22);1-4H;1H4. The predicted octanol–water partition coefficient (Wildman–Crippen LogP) is 10.9. The molecule has 0 aliphatic rings. The molecule has 0 atom stereocenters. The van der Waals surface area contributed by atoms with E-state index in [1.807, 2.05) is 36.8 Å². The number of benzene rings is 1. The molecule has 8 heterocycles. The van der Waals surface area contributed by atoms with Crippen LogP contribution in [-0.4, -0.2) is 53.6 Å². The minimum atomic E-state index is -3.78. The maximum atomic E-state index is 13.1. The number of aromatic amines is 1. The van der Waals surface area contributed by atoms with Crippen molar-refractivity contribution in [3.63, 3.8) is 0 Å². The summed E-state index contributed by atoms with van der Waals surface area (Å²) in [6.45, 7) is 0. The van der Waals surface area contributed by atoms with Crippen LogP contribution in [0.25, 0.3) is 22.1 Å². The van der Waals surface area contributed by atoms with Crippen LogP contribution in [-0.2, 0) is 35.7 Å². The van der Waals surface area contributed by atoms with Gasteiger partial charge < -0.3 is 10.7 Å². The molecule has 17 heteroatoms. The third kappa shape index (κ3) is 12.2. The van der Waals surface area contributed by atoms with Crippen molar-refractivity contribution in [3.8, 4) is 0 Å². The molecule has 0 aliphatic heterocycles. The lowest BCUT2D eigenvalue weighted by atomic mass is 10.1. The van der Waals surface area contributed by atoms with E-state index in [4.69, 9.17) is 28.9 Å². The van der Waals surface area contributed by atoms with Crippen molar-refractivity contribution in [3.05, 3.63) is 199 Å². The summed E-state index contributed by atoms with van der Waals surface area (Å²) in [5, 5.41) is 2.83. The van der Waals surface area contributed by atoms with Crippen molar-refractivity contribution in [2.24, 2.45) is 0 Å². The lowest BCUT2D eigenvalue weighted by molar-refractivity contribution is 0.112. The zero-order valence-corrected chi connectivity index (χ0v) is 38.0. The first-order valence-corrected chi connectivity index (χ1v) is 22.6. The second kappa shape index (κ2) is 21.5. The highest BCUT2D eigenvalue weighted by molar-refractivity contribution is 9.10. The van der Waals surface area contributed by atoms with Gasteiger partial charge in [-0.3, -0.25) is 9.78 Å². The number of aryl methyl sites for hydroxylation is 2. The Hall–Kier alpha value is -5.84. The smallest absolute Gasteiger partial charge is 0.269 e. The number of hydrogen-bond donors (Lipinski definition) is 2.